The van der Waals surface area contributed by atoms with Gasteiger partial charge in [-0.1, -0.05) is 0 Å². The summed E-state index contributed by atoms with van der Waals surface area (Å²) >= 11 is 0. The first-order valence-corrected chi connectivity index (χ1v) is 11.2. The summed E-state index contributed by atoms with van der Waals surface area (Å²) in [5, 5.41) is 16.0. The third-order valence-corrected chi connectivity index (χ3v) is 6.24. The van der Waals surface area contributed by atoms with E-state index in [9.17, 15) is 5.11 Å². The molecule has 1 N–H and O–H groups in total. The van der Waals surface area contributed by atoms with Gasteiger partial charge in [0.25, 0.3) is 0 Å². The van der Waals surface area contributed by atoms with Gasteiger partial charge in [0, 0.05) is 43.6 Å². The molecule has 0 amide bonds. The van der Waals surface area contributed by atoms with Crippen molar-refractivity contribution in [1.29, 1.82) is 0 Å². The number of aliphatic hydroxyl groups excluding tert-OH is 1. The van der Waals surface area contributed by atoms with Gasteiger partial charge in [-0.3, -0.25) is 4.98 Å². The Morgan fingerprint density at radius 3 is 2.91 bits per heavy atom. The van der Waals surface area contributed by atoms with Crippen LogP contribution in [-0.4, -0.2) is 64.4 Å². The van der Waals surface area contributed by atoms with Crippen molar-refractivity contribution in [3.63, 3.8) is 0 Å². The maximum atomic E-state index is 10.6. The van der Waals surface area contributed by atoms with E-state index in [0.29, 0.717) is 30.0 Å². The second kappa shape index (κ2) is 9.11. The maximum absolute atomic E-state index is 10.6. The highest BCUT2D eigenvalue weighted by Gasteiger charge is 2.26. The van der Waals surface area contributed by atoms with Gasteiger partial charge in [0.05, 0.1) is 24.9 Å². The van der Waals surface area contributed by atoms with Crippen molar-refractivity contribution in [2.75, 3.05) is 38.4 Å². The molecule has 0 radical (unpaired) electrons. The molecule has 0 bridgehead atoms. The molecular weight excluding hydrogens is 410 g/mol. The van der Waals surface area contributed by atoms with Crippen molar-refractivity contribution in [3.8, 4) is 11.4 Å². The predicted molar refractivity (Wildman–Crippen MR) is 119 cm³/mol. The molecule has 2 fully saturated rings. The number of aromatic nitrogens is 4. The van der Waals surface area contributed by atoms with Gasteiger partial charge in [-0.15, -0.1) is 0 Å². The second-order valence-corrected chi connectivity index (χ2v) is 8.31. The average molecular weight is 440 g/mol. The first-order valence-electron chi connectivity index (χ1n) is 11.2. The van der Waals surface area contributed by atoms with Gasteiger partial charge >= 0.3 is 0 Å². The molecule has 2 aliphatic rings. The van der Waals surface area contributed by atoms with Crippen LogP contribution < -0.4 is 4.90 Å². The minimum Gasteiger partial charge on any atom is -0.377 e. The Hall–Kier alpha value is -2.59. The van der Waals surface area contributed by atoms with Crippen LogP contribution in [0.1, 0.15) is 44.3 Å². The molecule has 2 unspecified atom stereocenters. The summed E-state index contributed by atoms with van der Waals surface area (Å²) in [5.74, 6) is 0.772. The number of hydrogen-bond acceptors (Lipinski definition) is 8. The van der Waals surface area contributed by atoms with Crippen LogP contribution in [0.15, 0.2) is 30.6 Å². The van der Waals surface area contributed by atoms with E-state index >= 15 is 0 Å². The number of rotatable bonds is 5. The molecule has 5 heterocycles. The molecule has 3 aromatic rings. The lowest BCUT2D eigenvalue weighted by atomic mass is 10.1. The van der Waals surface area contributed by atoms with E-state index in [1.165, 1.54) is 7.11 Å². The van der Waals surface area contributed by atoms with Crippen LogP contribution in [0, 0.1) is 0 Å². The van der Waals surface area contributed by atoms with Crippen molar-refractivity contribution < 1.29 is 19.3 Å². The molecule has 170 valence electrons. The topological polar surface area (TPSA) is 94.8 Å². The van der Waals surface area contributed by atoms with Crippen LogP contribution in [0.5, 0.6) is 0 Å². The first-order chi connectivity index (χ1) is 15.7. The fourth-order valence-corrected chi connectivity index (χ4v) is 4.54. The van der Waals surface area contributed by atoms with Crippen LogP contribution in [0.3, 0.4) is 0 Å². The number of aliphatic hydroxyl groups is 1. The van der Waals surface area contributed by atoms with Crippen molar-refractivity contribution in [2.24, 2.45) is 0 Å². The molecule has 0 spiro atoms. The van der Waals surface area contributed by atoms with Crippen molar-refractivity contribution >= 4 is 16.7 Å². The van der Waals surface area contributed by atoms with Gasteiger partial charge in [0.1, 0.15) is 17.0 Å². The fraction of sp³-hybridized carbons (Fsp3) is 0.522. The van der Waals surface area contributed by atoms with Crippen LogP contribution in [-0.2, 0) is 14.2 Å². The molecule has 2 saturated heterocycles. The number of anilines is 1. The summed E-state index contributed by atoms with van der Waals surface area (Å²) in [6.45, 7) is 4.84. The van der Waals surface area contributed by atoms with E-state index in [0.717, 1.165) is 49.3 Å². The number of methoxy groups -OCH3 is 1. The Kier molecular flexibility index (Phi) is 6.05. The lowest BCUT2D eigenvalue weighted by molar-refractivity contribution is -0.0759. The zero-order valence-electron chi connectivity index (χ0n) is 18.5. The van der Waals surface area contributed by atoms with Gasteiger partial charge in [-0.2, -0.15) is 5.10 Å². The Balaban J connectivity index is 1.68. The zero-order chi connectivity index (χ0) is 22.1. The van der Waals surface area contributed by atoms with Crippen LogP contribution >= 0.6 is 0 Å². The third kappa shape index (κ3) is 3.86. The molecule has 3 aromatic heterocycles. The van der Waals surface area contributed by atoms with Crippen molar-refractivity contribution in [2.45, 2.75) is 44.7 Å². The largest absolute Gasteiger partial charge is 0.377 e. The Bertz CT molecular complexity index is 1080. The molecule has 0 saturated carbocycles. The lowest BCUT2D eigenvalue weighted by Crippen LogP contribution is -2.44. The van der Waals surface area contributed by atoms with Gasteiger partial charge in [0.2, 0.25) is 0 Å². The Morgan fingerprint density at radius 2 is 2.12 bits per heavy atom. The van der Waals surface area contributed by atoms with E-state index in [1.54, 1.807) is 12.4 Å². The number of ether oxygens (including phenoxy) is 3. The van der Waals surface area contributed by atoms with Gasteiger partial charge in [-0.25, -0.2) is 9.67 Å². The molecule has 0 aromatic carbocycles. The van der Waals surface area contributed by atoms with Crippen molar-refractivity contribution in [1.82, 2.24) is 19.7 Å². The third-order valence-electron chi connectivity index (χ3n) is 6.24. The average Bonchev–Trinajstić information content (AvgIpc) is 3.33. The van der Waals surface area contributed by atoms with E-state index in [4.69, 9.17) is 24.2 Å². The van der Waals surface area contributed by atoms with E-state index in [1.807, 2.05) is 22.9 Å². The van der Waals surface area contributed by atoms with Gasteiger partial charge in [0.15, 0.2) is 12.5 Å². The second-order valence-electron chi connectivity index (χ2n) is 8.31. The van der Waals surface area contributed by atoms with E-state index < -0.39 is 6.29 Å². The van der Waals surface area contributed by atoms with Gasteiger partial charge in [-0.05, 0) is 44.4 Å². The number of morpholine rings is 1. The molecular formula is C23H29N5O4. The zero-order valence-corrected chi connectivity index (χ0v) is 18.5. The molecule has 3 atom stereocenters. The highest BCUT2D eigenvalue weighted by molar-refractivity contribution is 5.94. The first kappa shape index (κ1) is 21.3. The van der Waals surface area contributed by atoms with Crippen LogP contribution in [0.25, 0.3) is 22.3 Å². The normalized spacial score (nSPS) is 22.9. The number of pyridine rings is 2. The molecule has 2 aliphatic heterocycles. The Labute approximate surface area is 186 Å². The molecule has 0 aliphatic carbocycles. The smallest absolute Gasteiger partial charge is 0.181 e. The summed E-state index contributed by atoms with van der Waals surface area (Å²) in [6.07, 6.45) is 5.41. The molecule has 5 rings (SSSR count). The predicted octanol–water partition coefficient (Wildman–Crippen LogP) is 3.05. The number of hydrogen-bond donors (Lipinski definition) is 1. The fourth-order valence-electron chi connectivity index (χ4n) is 4.54. The molecule has 9 heteroatoms. The Morgan fingerprint density at radius 1 is 1.22 bits per heavy atom. The standard InChI is InChI=1S/C23H29N5O4/c1-15-14-31-12-10-27(15)19-13-17(23(29)30-2)16-6-8-24-22(21(16)26-19)18-7-9-25-28(18)20-5-3-4-11-32-20/h6-9,13,15,20,23,29H,3-5,10-12,14H2,1-2H3/t15-,20?,23?/m1/s1. The maximum Gasteiger partial charge on any atom is 0.181 e. The lowest BCUT2D eigenvalue weighted by Gasteiger charge is -2.35. The van der Waals surface area contributed by atoms with Crippen LogP contribution in [0.2, 0.25) is 0 Å². The highest BCUT2D eigenvalue weighted by Crippen LogP contribution is 2.35. The van der Waals surface area contributed by atoms with Crippen molar-refractivity contribution in [3.05, 3.63) is 36.2 Å². The van der Waals surface area contributed by atoms with Gasteiger partial charge < -0.3 is 24.2 Å². The molecule has 32 heavy (non-hydrogen) atoms. The minimum absolute atomic E-state index is 0.114. The van der Waals surface area contributed by atoms with Crippen LogP contribution in [0.4, 0.5) is 5.82 Å². The summed E-state index contributed by atoms with van der Waals surface area (Å²) in [5.41, 5.74) is 2.92. The molecule has 9 nitrogen and oxygen atoms in total. The highest BCUT2D eigenvalue weighted by atomic mass is 16.6. The number of fused-ring (bicyclic) bond motifs is 1. The minimum atomic E-state index is -1.07. The summed E-state index contributed by atoms with van der Waals surface area (Å²) in [7, 11) is 1.49. The summed E-state index contributed by atoms with van der Waals surface area (Å²) in [6, 6.07) is 5.89. The number of nitrogens with zero attached hydrogens (tertiary/aromatic N) is 5. The SMILES string of the molecule is COC(O)c1cc(N2CCOC[C@H]2C)nc2c(-c3ccnn3C3CCCCO3)nccc12. The monoisotopic (exact) mass is 439 g/mol. The summed E-state index contributed by atoms with van der Waals surface area (Å²) < 4.78 is 18.8. The summed E-state index contributed by atoms with van der Waals surface area (Å²) in [4.78, 5) is 11.9. The van der Waals surface area contributed by atoms with E-state index in [-0.39, 0.29) is 12.3 Å². The quantitative estimate of drug-likeness (QED) is 0.606. The van der Waals surface area contributed by atoms with E-state index in [2.05, 4.69) is 16.9 Å².